The summed E-state index contributed by atoms with van der Waals surface area (Å²) in [6.45, 7) is 5.84. The number of ether oxygens (including phenoxy) is 1. The van der Waals surface area contributed by atoms with Crippen molar-refractivity contribution >= 4 is 33.5 Å². The van der Waals surface area contributed by atoms with Crippen molar-refractivity contribution < 1.29 is 22.7 Å². The van der Waals surface area contributed by atoms with E-state index >= 15 is 0 Å². The Morgan fingerprint density at radius 3 is 2.42 bits per heavy atom. The van der Waals surface area contributed by atoms with Crippen LogP contribution < -0.4 is 5.32 Å². The van der Waals surface area contributed by atoms with Crippen LogP contribution in [0.15, 0.2) is 23.1 Å². The number of carbonyl (C=O) groups excluding carboxylic acids is 2. The number of esters is 1. The zero-order chi connectivity index (χ0) is 19.5. The van der Waals surface area contributed by atoms with E-state index in [9.17, 15) is 18.0 Å². The number of carbonyl (C=O) groups is 2. The molecule has 0 saturated carbocycles. The smallest absolute Gasteiger partial charge is 0.340 e. The van der Waals surface area contributed by atoms with Gasteiger partial charge in [-0.1, -0.05) is 11.6 Å². The minimum atomic E-state index is -3.68. The first kappa shape index (κ1) is 20.7. The van der Waals surface area contributed by atoms with E-state index in [-0.39, 0.29) is 15.5 Å². The normalized spacial score (nSPS) is 15.7. The summed E-state index contributed by atoms with van der Waals surface area (Å²) in [6, 6.07) is 3.90. The van der Waals surface area contributed by atoms with Crippen LogP contribution in [-0.2, 0) is 19.6 Å². The lowest BCUT2D eigenvalue weighted by atomic mass is 10.1. The van der Waals surface area contributed by atoms with Crippen LogP contribution in [0.4, 0.5) is 0 Å². The van der Waals surface area contributed by atoms with Gasteiger partial charge in [0, 0.05) is 18.6 Å². The van der Waals surface area contributed by atoms with E-state index < -0.39 is 34.0 Å². The second kappa shape index (κ2) is 7.94. The van der Waals surface area contributed by atoms with Gasteiger partial charge in [0.25, 0.3) is 5.91 Å². The molecule has 7 nitrogen and oxygen atoms in total. The number of sulfonamides is 1. The molecule has 1 aromatic carbocycles. The number of hydrogen-bond acceptors (Lipinski definition) is 5. The Hall–Kier alpha value is -1.64. The number of nitrogens with one attached hydrogen (secondary N) is 1. The van der Waals surface area contributed by atoms with Crippen LogP contribution in [0.5, 0.6) is 0 Å². The van der Waals surface area contributed by atoms with Crippen LogP contribution >= 0.6 is 11.6 Å². The summed E-state index contributed by atoms with van der Waals surface area (Å²) in [5, 5.41) is 2.72. The van der Waals surface area contributed by atoms with Crippen LogP contribution in [0.1, 0.15) is 44.0 Å². The van der Waals surface area contributed by atoms with E-state index in [1.165, 1.54) is 22.5 Å². The number of rotatable bonds is 5. The van der Waals surface area contributed by atoms with Gasteiger partial charge in [0.15, 0.2) is 6.61 Å². The highest BCUT2D eigenvalue weighted by Crippen LogP contribution is 2.25. The van der Waals surface area contributed by atoms with Crippen LogP contribution in [-0.4, -0.2) is 49.8 Å². The lowest BCUT2D eigenvalue weighted by molar-refractivity contribution is -0.125. The molecule has 0 aliphatic carbocycles. The fourth-order valence-electron chi connectivity index (χ4n) is 2.56. The molecule has 1 heterocycles. The topological polar surface area (TPSA) is 92.8 Å². The molecule has 0 atom stereocenters. The SMILES string of the molecule is CC(C)(C)NC(=O)COC(=O)c1cc(S(=O)(=O)N2CCCC2)ccc1Cl. The maximum absolute atomic E-state index is 12.6. The lowest BCUT2D eigenvalue weighted by Gasteiger charge is -2.20. The van der Waals surface area contributed by atoms with Gasteiger partial charge in [-0.15, -0.1) is 0 Å². The third kappa shape index (κ3) is 5.18. The fourth-order valence-corrected chi connectivity index (χ4v) is 4.30. The first-order valence-corrected chi connectivity index (χ1v) is 10.1. The number of amides is 1. The number of hydrogen-bond donors (Lipinski definition) is 1. The Balaban J connectivity index is 2.14. The maximum atomic E-state index is 12.6. The molecule has 0 radical (unpaired) electrons. The Morgan fingerprint density at radius 2 is 1.85 bits per heavy atom. The van der Waals surface area contributed by atoms with Gasteiger partial charge in [-0.05, 0) is 51.8 Å². The van der Waals surface area contributed by atoms with Gasteiger partial charge in [-0.25, -0.2) is 13.2 Å². The predicted octanol–water partition coefficient (Wildman–Crippen LogP) is 2.20. The van der Waals surface area contributed by atoms with Crippen molar-refractivity contribution in [3.05, 3.63) is 28.8 Å². The second-order valence-electron chi connectivity index (χ2n) is 7.13. The number of halogens is 1. The molecule has 0 unspecified atom stereocenters. The molecule has 0 spiro atoms. The first-order valence-electron chi connectivity index (χ1n) is 8.28. The molecule has 0 aromatic heterocycles. The summed E-state index contributed by atoms with van der Waals surface area (Å²) in [4.78, 5) is 24.0. The van der Waals surface area contributed by atoms with Crippen LogP contribution in [0.2, 0.25) is 5.02 Å². The summed E-state index contributed by atoms with van der Waals surface area (Å²) in [5.74, 6) is -1.31. The van der Waals surface area contributed by atoms with Gasteiger partial charge in [0.1, 0.15) is 0 Å². The highest BCUT2D eigenvalue weighted by atomic mass is 35.5. The molecule has 1 N–H and O–H groups in total. The molecule has 1 amide bonds. The van der Waals surface area contributed by atoms with E-state index in [0.717, 1.165) is 12.8 Å². The number of benzene rings is 1. The quantitative estimate of drug-likeness (QED) is 0.762. The Morgan fingerprint density at radius 1 is 1.23 bits per heavy atom. The van der Waals surface area contributed by atoms with Crippen molar-refractivity contribution in [1.82, 2.24) is 9.62 Å². The maximum Gasteiger partial charge on any atom is 0.340 e. The summed E-state index contributed by atoms with van der Waals surface area (Å²) in [6.07, 6.45) is 1.62. The van der Waals surface area contributed by atoms with Gasteiger partial charge in [0.05, 0.1) is 15.5 Å². The van der Waals surface area contributed by atoms with Crippen molar-refractivity contribution in [2.75, 3.05) is 19.7 Å². The predicted molar refractivity (Wildman–Crippen MR) is 97.6 cm³/mol. The molecule has 144 valence electrons. The van der Waals surface area contributed by atoms with E-state index in [1.807, 2.05) is 0 Å². The van der Waals surface area contributed by atoms with Crippen LogP contribution in [0.25, 0.3) is 0 Å². The van der Waals surface area contributed by atoms with Gasteiger partial charge in [-0.3, -0.25) is 4.79 Å². The summed E-state index contributed by atoms with van der Waals surface area (Å²) in [7, 11) is -3.68. The van der Waals surface area contributed by atoms with Crippen molar-refractivity contribution in [1.29, 1.82) is 0 Å². The monoisotopic (exact) mass is 402 g/mol. The molecule has 1 aliphatic heterocycles. The molecule has 0 bridgehead atoms. The molecule has 2 rings (SSSR count). The molecule has 1 aromatic rings. The Labute approximate surface area is 158 Å². The third-order valence-corrected chi connectivity index (χ3v) is 5.93. The van der Waals surface area contributed by atoms with Crippen molar-refractivity contribution in [2.45, 2.75) is 44.0 Å². The Kier molecular flexibility index (Phi) is 6.31. The Bertz CT molecular complexity index is 796. The molecular weight excluding hydrogens is 380 g/mol. The highest BCUT2D eigenvalue weighted by molar-refractivity contribution is 7.89. The summed E-state index contributed by atoms with van der Waals surface area (Å²) >= 11 is 6.01. The van der Waals surface area contributed by atoms with E-state index in [2.05, 4.69) is 5.32 Å². The summed E-state index contributed by atoms with van der Waals surface area (Å²) in [5.41, 5.74) is -0.541. The van der Waals surface area contributed by atoms with Gasteiger partial charge >= 0.3 is 5.97 Å². The van der Waals surface area contributed by atoms with Gasteiger partial charge < -0.3 is 10.1 Å². The number of nitrogens with zero attached hydrogens (tertiary/aromatic N) is 1. The largest absolute Gasteiger partial charge is 0.452 e. The van der Waals surface area contributed by atoms with Gasteiger partial charge in [-0.2, -0.15) is 4.31 Å². The molecule has 1 fully saturated rings. The third-order valence-electron chi connectivity index (χ3n) is 3.71. The zero-order valence-electron chi connectivity index (χ0n) is 15.0. The van der Waals surface area contributed by atoms with E-state index in [0.29, 0.717) is 13.1 Å². The lowest BCUT2D eigenvalue weighted by Crippen LogP contribution is -2.42. The minimum absolute atomic E-state index is 0.0186. The van der Waals surface area contributed by atoms with Gasteiger partial charge in [0.2, 0.25) is 10.0 Å². The summed E-state index contributed by atoms with van der Waals surface area (Å²) < 4.78 is 31.6. The average Bonchev–Trinajstić information content (AvgIpc) is 3.06. The van der Waals surface area contributed by atoms with Crippen LogP contribution in [0, 0.1) is 0 Å². The van der Waals surface area contributed by atoms with Crippen LogP contribution in [0.3, 0.4) is 0 Å². The van der Waals surface area contributed by atoms with E-state index in [4.69, 9.17) is 16.3 Å². The second-order valence-corrected chi connectivity index (χ2v) is 9.47. The molecule has 1 aliphatic rings. The zero-order valence-corrected chi connectivity index (χ0v) is 16.6. The first-order chi connectivity index (χ1) is 12.0. The fraction of sp³-hybridized carbons (Fsp3) is 0.529. The average molecular weight is 403 g/mol. The molecule has 9 heteroatoms. The highest BCUT2D eigenvalue weighted by Gasteiger charge is 2.28. The standard InChI is InChI=1S/C17H23ClN2O5S/c1-17(2,3)19-15(21)11-25-16(22)13-10-12(6-7-14(13)18)26(23,24)20-8-4-5-9-20/h6-7,10H,4-5,8-9,11H2,1-3H3,(H,19,21). The molecule has 26 heavy (non-hydrogen) atoms. The molecule has 1 saturated heterocycles. The minimum Gasteiger partial charge on any atom is -0.452 e. The van der Waals surface area contributed by atoms with Crippen molar-refractivity contribution in [3.8, 4) is 0 Å². The van der Waals surface area contributed by atoms with E-state index in [1.54, 1.807) is 20.8 Å². The molecular formula is C17H23ClN2O5S. The van der Waals surface area contributed by atoms with Crippen molar-refractivity contribution in [2.24, 2.45) is 0 Å². The van der Waals surface area contributed by atoms with Crippen molar-refractivity contribution in [3.63, 3.8) is 0 Å².